The standard InChI is InChI=1S/C16H20O3/c1-9-10(2)15-12(13(11(3)17)14(9)18)5-8-16(19-15)6-4-7-16/h18H,4-8H2,1-3H3. The predicted octanol–water partition coefficient (Wildman–Crippen LogP) is 3.46. The van der Waals surface area contributed by atoms with Gasteiger partial charge in [0.15, 0.2) is 5.78 Å². The minimum atomic E-state index is -0.0787. The van der Waals surface area contributed by atoms with Crippen molar-refractivity contribution in [2.75, 3.05) is 0 Å². The quantitative estimate of drug-likeness (QED) is 0.786. The van der Waals surface area contributed by atoms with Crippen molar-refractivity contribution in [3.63, 3.8) is 0 Å². The normalized spacial score (nSPS) is 19.5. The molecule has 1 aliphatic heterocycles. The largest absolute Gasteiger partial charge is 0.507 e. The molecule has 1 saturated carbocycles. The molecule has 102 valence electrons. The molecular weight excluding hydrogens is 240 g/mol. The van der Waals surface area contributed by atoms with Crippen LogP contribution in [0.1, 0.15) is 59.7 Å². The summed E-state index contributed by atoms with van der Waals surface area (Å²) in [5, 5.41) is 10.2. The molecule has 3 nitrogen and oxygen atoms in total. The van der Waals surface area contributed by atoms with E-state index >= 15 is 0 Å². The number of hydrogen-bond acceptors (Lipinski definition) is 3. The smallest absolute Gasteiger partial charge is 0.163 e. The van der Waals surface area contributed by atoms with Crippen LogP contribution in [0.4, 0.5) is 0 Å². The van der Waals surface area contributed by atoms with Crippen molar-refractivity contribution in [1.29, 1.82) is 0 Å². The number of rotatable bonds is 1. The van der Waals surface area contributed by atoms with Gasteiger partial charge < -0.3 is 9.84 Å². The molecule has 1 aromatic rings. The Morgan fingerprint density at radius 1 is 1.21 bits per heavy atom. The summed E-state index contributed by atoms with van der Waals surface area (Å²) in [6, 6.07) is 0. The first kappa shape index (κ1) is 12.5. The van der Waals surface area contributed by atoms with E-state index in [2.05, 4.69) is 0 Å². The predicted molar refractivity (Wildman–Crippen MR) is 73.1 cm³/mol. The number of Topliss-reactive ketones (excluding diaryl/α,β-unsaturated/α-hetero) is 1. The van der Waals surface area contributed by atoms with Crippen molar-refractivity contribution in [1.82, 2.24) is 0 Å². The number of carbonyl (C=O) groups is 1. The lowest BCUT2D eigenvalue weighted by Gasteiger charge is -2.46. The highest BCUT2D eigenvalue weighted by molar-refractivity contribution is 5.99. The Hall–Kier alpha value is -1.51. The molecule has 0 saturated heterocycles. The monoisotopic (exact) mass is 260 g/mol. The number of aromatic hydroxyl groups is 1. The fourth-order valence-corrected chi connectivity index (χ4v) is 3.32. The molecule has 0 aromatic heterocycles. The van der Waals surface area contributed by atoms with Crippen molar-refractivity contribution in [3.05, 3.63) is 22.3 Å². The van der Waals surface area contributed by atoms with E-state index in [4.69, 9.17) is 4.74 Å². The number of phenolic OH excluding ortho intramolecular Hbond substituents is 1. The van der Waals surface area contributed by atoms with Crippen LogP contribution in [0, 0.1) is 13.8 Å². The SMILES string of the molecule is CC(=O)c1c(O)c(C)c(C)c2c1CCC1(CCC1)O2. The Labute approximate surface area is 113 Å². The van der Waals surface area contributed by atoms with Gasteiger partial charge in [-0.2, -0.15) is 0 Å². The molecule has 1 spiro atoms. The van der Waals surface area contributed by atoms with Crippen molar-refractivity contribution >= 4 is 5.78 Å². The third-order valence-electron chi connectivity index (χ3n) is 4.84. The van der Waals surface area contributed by atoms with Crippen molar-refractivity contribution in [2.24, 2.45) is 0 Å². The third kappa shape index (κ3) is 1.67. The Morgan fingerprint density at radius 2 is 1.89 bits per heavy atom. The van der Waals surface area contributed by atoms with Crippen LogP contribution in [0.2, 0.25) is 0 Å². The van der Waals surface area contributed by atoms with Crippen LogP contribution in [0.3, 0.4) is 0 Å². The van der Waals surface area contributed by atoms with Crippen LogP contribution < -0.4 is 4.74 Å². The molecule has 2 aliphatic rings. The maximum absolute atomic E-state index is 11.8. The van der Waals surface area contributed by atoms with Gasteiger partial charge in [0.1, 0.15) is 17.1 Å². The number of ether oxygens (including phenoxy) is 1. The summed E-state index contributed by atoms with van der Waals surface area (Å²) in [6.45, 7) is 5.33. The third-order valence-corrected chi connectivity index (χ3v) is 4.84. The summed E-state index contributed by atoms with van der Waals surface area (Å²) >= 11 is 0. The van der Waals surface area contributed by atoms with E-state index in [1.54, 1.807) is 0 Å². The van der Waals surface area contributed by atoms with Gasteiger partial charge in [-0.25, -0.2) is 0 Å². The Balaban J connectivity index is 2.19. The highest BCUT2D eigenvalue weighted by Crippen LogP contribution is 2.49. The van der Waals surface area contributed by atoms with E-state index in [9.17, 15) is 9.90 Å². The molecular formula is C16H20O3. The second-order valence-electron chi connectivity index (χ2n) is 5.98. The average Bonchev–Trinajstić information content (AvgIpc) is 2.34. The van der Waals surface area contributed by atoms with E-state index in [0.29, 0.717) is 5.56 Å². The van der Waals surface area contributed by atoms with E-state index < -0.39 is 0 Å². The fraction of sp³-hybridized carbons (Fsp3) is 0.562. The lowest BCUT2D eigenvalue weighted by molar-refractivity contribution is -0.0258. The highest BCUT2D eigenvalue weighted by Gasteiger charge is 2.43. The minimum Gasteiger partial charge on any atom is -0.507 e. The summed E-state index contributed by atoms with van der Waals surface area (Å²) in [4.78, 5) is 11.8. The van der Waals surface area contributed by atoms with Gasteiger partial charge >= 0.3 is 0 Å². The number of ketones is 1. The maximum Gasteiger partial charge on any atom is 0.163 e. The van der Waals surface area contributed by atoms with E-state index in [1.165, 1.54) is 13.3 Å². The zero-order valence-electron chi connectivity index (χ0n) is 11.8. The van der Waals surface area contributed by atoms with E-state index in [-0.39, 0.29) is 17.1 Å². The van der Waals surface area contributed by atoms with Gasteiger partial charge in [-0.3, -0.25) is 4.79 Å². The van der Waals surface area contributed by atoms with Gasteiger partial charge in [0, 0.05) is 5.56 Å². The highest BCUT2D eigenvalue weighted by atomic mass is 16.5. The minimum absolute atomic E-state index is 0.00916. The first-order valence-corrected chi connectivity index (χ1v) is 7.00. The van der Waals surface area contributed by atoms with Crippen LogP contribution in [0.5, 0.6) is 11.5 Å². The second-order valence-corrected chi connectivity index (χ2v) is 5.98. The van der Waals surface area contributed by atoms with Crippen molar-refractivity contribution < 1.29 is 14.6 Å². The van der Waals surface area contributed by atoms with Gasteiger partial charge in [0.2, 0.25) is 0 Å². The first-order chi connectivity index (χ1) is 8.95. The molecule has 3 heteroatoms. The molecule has 1 fully saturated rings. The Bertz CT molecular complexity index is 568. The van der Waals surface area contributed by atoms with Crippen LogP contribution >= 0.6 is 0 Å². The molecule has 0 radical (unpaired) electrons. The number of fused-ring (bicyclic) bond motifs is 1. The van der Waals surface area contributed by atoms with Crippen LogP contribution in [0.25, 0.3) is 0 Å². The van der Waals surface area contributed by atoms with Crippen LogP contribution in [-0.4, -0.2) is 16.5 Å². The average molecular weight is 260 g/mol. The number of phenols is 1. The summed E-state index contributed by atoms with van der Waals surface area (Å²) in [7, 11) is 0. The molecule has 0 bridgehead atoms. The zero-order chi connectivity index (χ0) is 13.8. The topological polar surface area (TPSA) is 46.5 Å². The van der Waals surface area contributed by atoms with Crippen LogP contribution in [-0.2, 0) is 6.42 Å². The van der Waals surface area contributed by atoms with Gasteiger partial charge in [0.25, 0.3) is 0 Å². The van der Waals surface area contributed by atoms with Gasteiger partial charge in [0.05, 0.1) is 5.56 Å². The summed E-state index contributed by atoms with van der Waals surface area (Å²) in [5.41, 5.74) is 3.12. The van der Waals surface area contributed by atoms with Crippen molar-refractivity contribution in [2.45, 2.75) is 58.5 Å². The van der Waals surface area contributed by atoms with Gasteiger partial charge in [-0.15, -0.1) is 0 Å². The molecule has 0 unspecified atom stereocenters. The number of carbonyl (C=O) groups excluding carboxylic acids is 1. The molecule has 0 amide bonds. The first-order valence-electron chi connectivity index (χ1n) is 7.00. The molecule has 1 heterocycles. The summed E-state index contributed by atoms with van der Waals surface area (Å²) in [6.07, 6.45) is 5.24. The molecule has 1 aliphatic carbocycles. The lowest BCUT2D eigenvalue weighted by Crippen LogP contribution is -2.46. The summed E-state index contributed by atoms with van der Waals surface area (Å²) in [5.74, 6) is 0.911. The molecule has 19 heavy (non-hydrogen) atoms. The van der Waals surface area contributed by atoms with E-state index in [0.717, 1.165) is 48.1 Å². The lowest BCUT2D eigenvalue weighted by atomic mass is 9.73. The molecule has 1 N–H and O–H groups in total. The summed E-state index contributed by atoms with van der Waals surface area (Å²) < 4.78 is 6.25. The number of benzene rings is 1. The molecule has 3 rings (SSSR count). The maximum atomic E-state index is 11.8. The van der Waals surface area contributed by atoms with Crippen LogP contribution in [0.15, 0.2) is 0 Å². The van der Waals surface area contributed by atoms with E-state index in [1.807, 2.05) is 13.8 Å². The van der Waals surface area contributed by atoms with Crippen molar-refractivity contribution in [3.8, 4) is 11.5 Å². The Morgan fingerprint density at radius 3 is 2.42 bits per heavy atom. The Kier molecular flexibility index (Phi) is 2.63. The molecule has 1 aromatic carbocycles. The van der Waals surface area contributed by atoms with Gasteiger partial charge in [-0.05, 0) is 64.0 Å². The molecule has 0 atom stereocenters. The second kappa shape index (κ2) is 3.99. The number of hydrogen-bond donors (Lipinski definition) is 1. The fourth-order valence-electron chi connectivity index (χ4n) is 3.32. The zero-order valence-corrected chi connectivity index (χ0v) is 11.8. The van der Waals surface area contributed by atoms with Gasteiger partial charge in [-0.1, -0.05) is 0 Å².